The van der Waals surface area contributed by atoms with Gasteiger partial charge in [-0.05, 0) is 68.9 Å². The first-order valence-electron chi connectivity index (χ1n) is 13.5. The number of carbonyl (C=O) groups excluding carboxylic acids is 2. The van der Waals surface area contributed by atoms with Crippen LogP contribution in [-0.4, -0.2) is 42.0 Å². The number of piperidine rings is 1. The molecule has 198 valence electrons. The molecule has 0 aliphatic carbocycles. The number of hydrogen-bond donors (Lipinski definition) is 2. The zero-order chi connectivity index (χ0) is 26.6. The molecule has 2 N–H and O–H groups in total. The smallest absolute Gasteiger partial charge is 0.253 e. The van der Waals surface area contributed by atoms with Crippen LogP contribution in [0, 0.1) is 6.92 Å². The Morgan fingerprint density at radius 1 is 1.00 bits per heavy atom. The Kier molecular flexibility index (Phi) is 7.63. The highest BCUT2D eigenvalue weighted by Gasteiger charge is 2.42. The highest BCUT2D eigenvalue weighted by molar-refractivity contribution is 5.96. The molecular formula is C31H36N4O3. The van der Waals surface area contributed by atoms with Gasteiger partial charge in [0.25, 0.3) is 11.8 Å². The van der Waals surface area contributed by atoms with Crippen LogP contribution in [0.25, 0.3) is 0 Å². The van der Waals surface area contributed by atoms with Crippen LogP contribution in [0.15, 0.2) is 66.9 Å². The molecule has 1 unspecified atom stereocenters. The van der Waals surface area contributed by atoms with Crippen LogP contribution in [0.3, 0.4) is 0 Å². The normalized spacial score (nSPS) is 21.0. The second kappa shape index (κ2) is 11.3. The van der Waals surface area contributed by atoms with Gasteiger partial charge in [-0.25, -0.2) is 4.98 Å². The van der Waals surface area contributed by atoms with Crippen LogP contribution in [-0.2, 0) is 0 Å². The number of rotatable bonds is 8. The first-order chi connectivity index (χ1) is 18.5. The highest BCUT2D eigenvalue weighted by atomic mass is 16.5. The number of methoxy groups -OCH3 is 1. The van der Waals surface area contributed by atoms with Crippen LogP contribution in [0.1, 0.15) is 76.9 Å². The summed E-state index contributed by atoms with van der Waals surface area (Å²) in [6.45, 7) is 3.98. The zero-order valence-corrected chi connectivity index (χ0v) is 22.3. The van der Waals surface area contributed by atoms with Gasteiger partial charge in [0.05, 0.1) is 18.7 Å². The molecule has 3 heterocycles. The number of carbonyl (C=O) groups is 2. The average molecular weight is 513 g/mol. The first kappa shape index (κ1) is 25.8. The number of anilines is 1. The maximum Gasteiger partial charge on any atom is 0.253 e. The predicted octanol–water partition coefficient (Wildman–Crippen LogP) is 5.21. The number of benzene rings is 2. The lowest BCUT2D eigenvalue weighted by atomic mass is 9.96. The summed E-state index contributed by atoms with van der Waals surface area (Å²) < 4.78 is 5.38. The summed E-state index contributed by atoms with van der Waals surface area (Å²) in [5, 5.41) is 6.40. The summed E-state index contributed by atoms with van der Waals surface area (Å²) in [6, 6.07) is 20.2. The van der Waals surface area contributed by atoms with Crippen molar-refractivity contribution in [2.24, 2.45) is 0 Å². The third-order valence-electron chi connectivity index (χ3n) is 8.01. The molecule has 7 nitrogen and oxygen atoms in total. The van der Waals surface area contributed by atoms with Gasteiger partial charge in [-0.3, -0.25) is 9.59 Å². The molecule has 2 fully saturated rings. The van der Waals surface area contributed by atoms with Crippen molar-refractivity contribution in [2.45, 2.75) is 70.1 Å². The van der Waals surface area contributed by atoms with E-state index >= 15 is 0 Å². The molecule has 0 radical (unpaired) electrons. The summed E-state index contributed by atoms with van der Waals surface area (Å²) in [4.78, 5) is 33.1. The number of pyridine rings is 1. The minimum absolute atomic E-state index is 0.0331. The molecule has 1 aromatic heterocycles. The Balaban J connectivity index is 1.22. The summed E-state index contributed by atoms with van der Waals surface area (Å²) in [5.41, 5.74) is 3.18. The third-order valence-corrected chi connectivity index (χ3v) is 8.01. The van der Waals surface area contributed by atoms with Crippen LogP contribution in [0.2, 0.25) is 0 Å². The van der Waals surface area contributed by atoms with Crippen molar-refractivity contribution in [3.8, 4) is 5.75 Å². The molecule has 3 aromatic rings. The summed E-state index contributed by atoms with van der Waals surface area (Å²) >= 11 is 0. The van der Waals surface area contributed by atoms with E-state index in [1.54, 1.807) is 13.3 Å². The van der Waals surface area contributed by atoms with Gasteiger partial charge in [-0.2, -0.15) is 0 Å². The van der Waals surface area contributed by atoms with E-state index in [4.69, 9.17) is 9.72 Å². The van der Waals surface area contributed by atoms with Gasteiger partial charge in [0.1, 0.15) is 11.6 Å². The first-order valence-corrected chi connectivity index (χ1v) is 13.5. The molecule has 0 saturated carbocycles. The molecule has 38 heavy (non-hydrogen) atoms. The lowest BCUT2D eigenvalue weighted by Crippen LogP contribution is -2.50. The molecule has 4 atom stereocenters. The van der Waals surface area contributed by atoms with Crippen LogP contribution in [0.4, 0.5) is 5.82 Å². The van der Waals surface area contributed by atoms with Crippen molar-refractivity contribution in [3.63, 3.8) is 0 Å². The number of hydrogen-bond acceptors (Lipinski definition) is 5. The monoisotopic (exact) mass is 512 g/mol. The van der Waals surface area contributed by atoms with Crippen LogP contribution < -0.4 is 20.3 Å². The summed E-state index contributed by atoms with van der Waals surface area (Å²) in [5.74, 6) is 1.46. The van der Waals surface area contributed by atoms with Gasteiger partial charge in [-0.15, -0.1) is 0 Å². The number of nitrogens with zero attached hydrogens (tertiary/aromatic N) is 2. The van der Waals surface area contributed by atoms with Gasteiger partial charge in [0.2, 0.25) is 0 Å². The van der Waals surface area contributed by atoms with Crippen LogP contribution in [0.5, 0.6) is 5.75 Å². The van der Waals surface area contributed by atoms with Gasteiger partial charge in [-0.1, -0.05) is 43.3 Å². The second-order valence-electron chi connectivity index (χ2n) is 10.3. The molecule has 5 rings (SSSR count). The van der Waals surface area contributed by atoms with E-state index in [0.717, 1.165) is 54.8 Å². The van der Waals surface area contributed by atoms with Crippen molar-refractivity contribution in [3.05, 3.63) is 89.1 Å². The van der Waals surface area contributed by atoms with Crippen molar-refractivity contribution in [1.29, 1.82) is 0 Å². The maximum absolute atomic E-state index is 13.0. The third kappa shape index (κ3) is 5.23. The van der Waals surface area contributed by atoms with Gasteiger partial charge >= 0.3 is 0 Å². The van der Waals surface area contributed by atoms with Gasteiger partial charge < -0.3 is 20.3 Å². The Labute approximate surface area is 224 Å². The van der Waals surface area contributed by atoms with E-state index < -0.39 is 0 Å². The lowest BCUT2D eigenvalue weighted by Gasteiger charge is -2.40. The lowest BCUT2D eigenvalue weighted by molar-refractivity contribution is 0.0921. The molecule has 7 heteroatoms. The van der Waals surface area contributed by atoms with Crippen molar-refractivity contribution < 1.29 is 14.3 Å². The summed E-state index contributed by atoms with van der Waals surface area (Å²) in [6.07, 6.45) is 6.41. The van der Waals surface area contributed by atoms with Crippen molar-refractivity contribution in [1.82, 2.24) is 15.6 Å². The van der Waals surface area contributed by atoms with Gasteiger partial charge in [0, 0.05) is 35.4 Å². The molecule has 2 aliphatic heterocycles. The number of nitrogens with one attached hydrogen (secondary N) is 2. The number of fused-ring (bicyclic) bond motifs is 2. The standard InChI is InChI=1S/C31H36N4O3/c1-4-27(21-9-6-5-7-10-21)34-30(36)22-13-16-29(32-19-22)35-24-14-15-25(35)18-23(17-24)33-31(37)26-11-8-12-28(38-3)20(26)2/h5-13,16,19,23-25,27H,4,14-15,17-18H2,1-3H3,(H,33,37)(H,34,36)/t23?,24-,25+,27-/m0/s1. The largest absolute Gasteiger partial charge is 0.496 e. The van der Waals surface area contributed by atoms with Gasteiger partial charge in [0.15, 0.2) is 0 Å². The van der Waals surface area contributed by atoms with Crippen LogP contribution >= 0.6 is 0 Å². The van der Waals surface area contributed by atoms with E-state index in [2.05, 4.69) is 22.5 Å². The van der Waals surface area contributed by atoms with E-state index in [0.29, 0.717) is 23.2 Å². The molecular weight excluding hydrogens is 476 g/mol. The molecule has 0 spiro atoms. The molecule has 2 amide bonds. The second-order valence-corrected chi connectivity index (χ2v) is 10.3. The molecule has 2 aliphatic rings. The van der Waals surface area contributed by atoms with E-state index in [9.17, 15) is 9.59 Å². The number of aromatic nitrogens is 1. The SMILES string of the molecule is CC[C@H](NC(=O)c1ccc(N2[C@@H]3CC[C@H]2CC(NC(=O)c2cccc(OC)c2C)C3)nc1)c1ccccc1. The quantitative estimate of drug-likeness (QED) is 0.433. The highest BCUT2D eigenvalue weighted by Crippen LogP contribution is 2.38. The Morgan fingerprint density at radius 2 is 1.74 bits per heavy atom. The molecule has 2 bridgehead atoms. The minimum Gasteiger partial charge on any atom is -0.496 e. The van der Waals surface area contributed by atoms with E-state index in [1.165, 1.54) is 0 Å². The fraction of sp³-hybridized carbons (Fsp3) is 0.387. The van der Waals surface area contributed by atoms with Crippen molar-refractivity contribution in [2.75, 3.05) is 12.0 Å². The molecule has 2 saturated heterocycles. The summed E-state index contributed by atoms with van der Waals surface area (Å²) in [7, 11) is 1.62. The van der Waals surface area contributed by atoms with E-state index in [-0.39, 0.29) is 23.9 Å². The average Bonchev–Trinajstić information content (AvgIpc) is 3.22. The Hall–Kier alpha value is -3.87. The minimum atomic E-state index is -0.114. The molecule has 2 aromatic carbocycles. The number of ether oxygens (including phenoxy) is 1. The Bertz CT molecular complexity index is 1260. The fourth-order valence-electron chi connectivity index (χ4n) is 6.03. The fourth-order valence-corrected chi connectivity index (χ4v) is 6.03. The Morgan fingerprint density at radius 3 is 2.37 bits per heavy atom. The predicted molar refractivity (Wildman–Crippen MR) is 149 cm³/mol. The zero-order valence-electron chi connectivity index (χ0n) is 22.3. The maximum atomic E-state index is 13.0. The van der Waals surface area contributed by atoms with Crippen molar-refractivity contribution >= 4 is 17.6 Å². The number of amides is 2. The van der Waals surface area contributed by atoms with E-state index in [1.807, 2.05) is 67.6 Å². The topological polar surface area (TPSA) is 83.6 Å².